The van der Waals surface area contributed by atoms with Crippen molar-refractivity contribution in [3.8, 4) is 0 Å². The molecule has 1 saturated carbocycles. The van der Waals surface area contributed by atoms with Crippen molar-refractivity contribution in [3.63, 3.8) is 0 Å². The molecule has 1 spiro atoms. The predicted octanol–water partition coefficient (Wildman–Crippen LogP) is 5.02. The molecule has 0 unspecified atom stereocenters. The number of anilines is 2. The number of amides is 1. The number of rotatable bonds is 2. The van der Waals surface area contributed by atoms with Crippen molar-refractivity contribution >= 4 is 40.4 Å². The van der Waals surface area contributed by atoms with Crippen LogP contribution >= 0.6 is 12.2 Å². The minimum absolute atomic E-state index is 0.0828. The van der Waals surface area contributed by atoms with Crippen LogP contribution in [0.3, 0.4) is 0 Å². The molecule has 0 bridgehead atoms. The van der Waals surface area contributed by atoms with Gasteiger partial charge >= 0.3 is 6.18 Å². The van der Waals surface area contributed by atoms with Crippen molar-refractivity contribution in [1.29, 1.82) is 0 Å². The summed E-state index contributed by atoms with van der Waals surface area (Å²) in [5.41, 5.74) is -0.391. The summed E-state index contributed by atoms with van der Waals surface area (Å²) in [5.74, 6) is -1.12. The SMILES string of the molecule is [C-]#[N+]c1ncc(N2C(=O)C3(CCC3)N(c3ccc(C)cc3)C2=S)cc1C(F)(F)F. The predicted molar refractivity (Wildman–Crippen MR) is 106 cm³/mol. The monoisotopic (exact) mass is 416 g/mol. The second kappa shape index (κ2) is 6.52. The van der Waals surface area contributed by atoms with E-state index in [-0.39, 0.29) is 16.7 Å². The van der Waals surface area contributed by atoms with Crippen LogP contribution in [0.25, 0.3) is 4.85 Å². The number of carbonyl (C=O) groups excluding carboxylic acids is 1. The van der Waals surface area contributed by atoms with Crippen LogP contribution in [0, 0.1) is 13.5 Å². The first-order valence-corrected chi connectivity index (χ1v) is 9.30. The van der Waals surface area contributed by atoms with Crippen molar-refractivity contribution in [2.24, 2.45) is 0 Å². The summed E-state index contributed by atoms with van der Waals surface area (Å²) in [6, 6.07) is 8.26. The third-order valence-electron chi connectivity index (χ3n) is 5.41. The number of hydrogen-bond donors (Lipinski definition) is 0. The lowest BCUT2D eigenvalue weighted by Crippen LogP contribution is -2.55. The fourth-order valence-corrected chi connectivity index (χ4v) is 4.24. The Morgan fingerprint density at radius 1 is 1.21 bits per heavy atom. The van der Waals surface area contributed by atoms with Gasteiger partial charge in [0.05, 0.1) is 11.3 Å². The highest BCUT2D eigenvalue weighted by molar-refractivity contribution is 7.81. The highest BCUT2D eigenvalue weighted by Crippen LogP contribution is 2.48. The van der Waals surface area contributed by atoms with E-state index in [0.29, 0.717) is 12.8 Å². The summed E-state index contributed by atoms with van der Waals surface area (Å²) in [6.07, 6.45) is -1.71. The van der Waals surface area contributed by atoms with E-state index in [1.807, 2.05) is 31.2 Å². The van der Waals surface area contributed by atoms with Crippen LogP contribution in [0.5, 0.6) is 0 Å². The standard InChI is InChI=1S/C20H15F3N4OS/c1-12-4-6-13(7-5-12)27-18(29)26(17(28)19(27)8-3-9-19)14-10-15(20(21,22)23)16(24-2)25-11-14/h4-7,10-11H,3,8-9H2,1H3. The molecule has 1 aromatic heterocycles. The van der Waals surface area contributed by atoms with E-state index < -0.39 is 23.1 Å². The average molecular weight is 416 g/mol. The second-order valence-corrected chi connectivity index (χ2v) is 7.52. The first-order chi connectivity index (χ1) is 13.7. The summed E-state index contributed by atoms with van der Waals surface area (Å²) in [7, 11) is 0. The lowest BCUT2D eigenvalue weighted by Gasteiger charge is -2.43. The Morgan fingerprint density at radius 2 is 1.86 bits per heavy atom. The summed E-state index contributed by atoms with van der Waals surface area (Å²) in [4.78, 5) is 22.6. The van der Waals surface area contributed by atoms with Crippen LogP contribution in [-0.4, -0.2) is 21.5 Å². The van der Waals surface area contributed by atoms with Crippen LogP contribution in [0.4, 0.5) is 30.4 Å². The quantitative estimate of drug-likeness (QED) is 0.509. The van der Waals surface area contributed by atoms with Gasteiger partial charge in [0.2, 0.25) is 0 Å². The third kappa shape index (κ3) is 2.86. The fraction of sp³-hybridized carbons (Fsp3) is 0.300. The number of nitrogens with zero attached hydrogens (tertiary/aromatic N) is 4. The average Bonchev–Trinajstić information content (AvgIpc) is 2.88. The molecule has 1 aliphatic carbocycles. The van der Waals surface area contributed by atoms with E-state index in [4.69, 9.17) is 18.8 Å². The van der Waals surface area contributed by atoms with Gasteiger partial charge in [0, 0.05) is 5.69 Å². The number of halogens is 3. The molecule has 4 rings (SSSR count). The minimum atomic E-state index is -4.77. The highest BCUT2D eigenvalue weighted by atomic mass is 32.1. The highest BCUT2D eigenvalue weighted by Gasteiger charge is 2.59. The summed E-state index contributed by atoms with van der Waals surface area (Å²) in [5, 5.41) is 0.115. The summed E-state index contributed by atoms with van der Waals surface area (Å²) >= 11 is 5.54. The number of alkyl halides is 3. The first-order valence-electron chi connectivity index (χ1n) is 8.89. The zero-order valence-electron chi connectivity index (χ0n) is 15.3. The Kier molecular flexibility index (Phi) is 4.35. The van der Waals surface area contributed by atoms with E-state index in [1.54, 1.807) is 4.90 Å². The normalized spacial score (nSPS) is 18.2. The number of carbonyl (C=O) groups is 1. The Morgan fingerprint density at radius 3 is 2.38 bits per heavy atom. The summed E-state index contributed by atoms with van der Waals surface area (Å²) < 4.78 is 40.1. The molecule has 9 heteroatoms. The van der Waals surface area contributed by atoms with Crippen molar-refractivity contribution in [2.45, 2.75) is 37.9 Å². The van der Waals surface area contributed by atoms with Crippen LogP contribution in [0.15, 0.2) is 36.5 Å². The molecule has 29 heavy (non-hydrogen) atoms. The molecule has 1 aliphatic heterocycles. The van der Waals surface area contributed by atoms with Crippen molar-refractivity contribution in [1.82, 2.24) is 4.98 Å². The van der Waals surface area contributed by atoms with Gasteiger partial charge in [-0.1, -0.05) is 24.3 Å². The maximum absolute atomic E-state index is 13.4. The second-order valence-electron chi connectivity index (χ2n) is 7.15. The van der Waals surface area contributed by atoms with Crippen LogP contribution in [0.2, 0.25) is 0 Å². The van der Waals surface area contributed by atoms with Crippen LogP contribution in [0.1, 0.15) is 30.4 Å². The molecule has 1 saturated heterocycles. The molecule has 5 nitrogen and oxygen atoms in total. The van der Waals surface area contributed by atoms with Crippen LogP contribution in [-0.2, 0) is 11.0 Å². The number of thiocarbonyl (C=S) groups is 1. The van der Waals surface area contributed by atoms with Gasteiger partial charge in [-0.2, -0.15) is 13.2 Å². The molecule has 2 aliphatic rings. The molecule has 0 atom stereocenters. The number of benzene rings is 1. The maximum atomic E-state index is 13.4. The van der Waals surface area contributed by atoms with Gasteiger partial charge < -0.3 is 9.74 Å². The molecule has 2 fully saturated rings. The Balaban J connectivity index is 1.82. The lowest BCUT2D eigenvalue weighted by molar-refractivity contribution is -0.137. The number of pyridine rings is 1. The number of aromatic nitrogens is 1. The molecular weight excluding hydrogens is 401 g/mol. The smallest absolute Gasteiger partial charge is 0.360 e. The van der Waals surface area contributed by atoms with Gasteiger partial charge in [0.1, 0.15) is 11.7 Å². The van der Waals surface area contributed by atoms with E-state index in [0.717, 1.165) is 34.8 Å². The lowest BCUT2D eigenvalue weighted by atomic mass is 9.75. The van der Waals surface area contributed by atoms with E-state index >= 15 is 0 Å². The molecule has 0 N–H and O–H groups in total. The van der Waals surface area contributed by atoms with Crippen LogP contribution < -0.4 is 9.80 Å². The molecule has 1 amide bonds. The van der Waals surface area contributed by atoms with Crippen molar-refractivity contribution in [2.75, 3.05) is 9.80 Å². The van der Waals surface area contributed by atoms with Gasteiger partial charge in [-0.15, -0.1) is 4.98 Å². The zero-order chi connectivity index (χ0) is 21.0. The van der Waals surface area contributed by atoms with Gasteiger partial charge in [0.25, 0.3) is 11.7 Å². The molecule has 2 heterocycles. The molecule has 0 radical (unpaired) electrons. The zero-order valence-corrected chi connectivity index (χ0v) is 16.1. The van der Waals surface area contributed by atoms with Crippen molar-refractivity contribution < 1.29 is 18.0 Å². The number of aryl methyl sites for hydroxylation is 1. The number of hydrogen-bond acceptors (Lipinski definition) is 3. The van der Waals surface area contributed by atoms with Gasteiger partial charge in [-0.3, -0.25) is 9.69 Å². The summed E-state index contributed by atoms with van der Waals surface area (Å²) in [6.45, 7) is 8.87. The minimum Gasteiger partial charge on any atom is -0.360 e. The topological polar surface area (TPSA) is 40.8 Å². The Labute approximate surface area is 170 Å². The first kappa shape index (κ1) is 19.3. The van der Waals surface area contributed by atoms with Gasteiger partial charge in [-0.25, -0.2) is 0 Å². The van der Waals surface area contributed by atoms with Gasteiger partial charge in [0.15, 0.2) is 5.11 Å². The maximum Gasteiger partial charge on any atom is 0.409 e. The van der Waals surface area contributed by atoms with Crippen molar-refractivity contribution in [3.05, 3.63) is 59.1 Å². The van der Waals surface area contributed by atoms with E-state index in [1.165, 1.54) is 0 Å². The van der Waals surface area contributed by atoms with Gasteiger partial charge in [-0.05, 0) is 56.6 Å². The Hall–Kier alpha value is -2.99. The van der Waals surface area contributed by atoms with E-state index in [2.05, 4.69) is 9.83 Å². The molecule has 148 valence electrons. The largest absolute Gasteiger partial charge is 0.409 e. The Bertz CT molecular complexity index is 1050. The fourth-order valence-electron chi connectivity index (χ4n) is 3.77. The van der Waals surface area contributed by atoms with E-state index in [9.17, 15) is 18.0 Å². The molecular formula is C20H15F3N4OS. The molecule has 1 aromatic carbocycles. The third-order valence-corrected chi connectivity index (χ3v) is 5.77. The molecule has 2 aromatic rings.